The van der Waals surface area contributed by atoms with Crippen LogP contribution < -0.4 is 11.1 Å². The van der Waals surface area contributed by atoms with Crippen LogP contribution in [0.25, 0.3) is 0 Å². The lowest BCUT2D eigenvalue weighted by Crippen LogP contribution is -2.49. The molecule has 0 heterocycles. The van der Waals surface area contributed by atoms with Crippen molar-refractivity contribution in [1.82, 2.24) is 10.2 Å². The van der Waals surface area contributed by atoms with E-state index in [4.69, 9.17) is 10.8 Å². The number of nitrogens with one attached hydrogen (secondary N) is 1. The highest BCUT2D eigenvalue weighted by molar-refractivity contribution is 5.86. The van der Waals surface area contributed by atoms with Crippen molar-refractivity contribution in [3.05, 3.63) is 35.9 Å². The lowest BCUT2D eigenvalue weighted by atomic mass is 10.1. The van der Waals surface area contributed by atoms with Crippen molar-refractivity contribution in [2.75, 3.05) is 13.1 Å². The summed E-state index contributed by atoms with van der Waals surface area (Å²) in [6.45, 7) is 0.789. The number of aliphatic carboxylic acids is 1. The average molecular weight is 293 g/mol. The minimum absolute atomic E-state index is 0.205. The van der Waals surface area contributed by atoms with E-state index in [9.17, 15) is 14.4 Å². The Morgan fingerprint density at radius 3 is 2.38 bits per heavy atom. The highest BCUT2D eigenvalue weighted by Gasteiger charge is 2.20. The molecule has 0 aliphatic rings. The number of carbonyl (C=O) groups is 3. The lowest BCUT2D eigenvalue weighted by Gasteiger charge is -2.22. The van der Waals surface area contributed by atoms with Gasteiger partial charge in [-0.3, -0.25) is 9.59 Å². The number of rotatable bonds is 7. The second kappa shape index (κ2) is 7.88. The molecule has 1 rings (SSSR count). The van der Waals surface area contributed by atoms with E-state index in [0.29, 0.717) is 6.42 Å². The van der Waals surface area contributed by atoms with Crippen molar-refractivity contribution >= 4 is 17.9 Å². The molecule has 21 heavy (non-hydrogen) atoms. The van der Waals surface area contributed by atoms with Crippen LogP contribution in [0, 0.1) is 0 Å². The molecule has 0 bridgehead atoms. The molecular weight excluding hydrogens is 274 g/mol. The van der Waals surface area contributed by atoms with Crippen molar-refractivity contribution in [3.8, 4) is 0 Å². The largest absolute Gasteiger partial charge is 0.480 e. The van der Waals surface area contributed by atoms with Crippen LogP contribution in [0.2, 0.25) is 0 Å². The highest BCUT2D eigenvalue weighted by Crippen LogP contribution is 2.03. The molecule has 1 atom stereocenters. The Bertz CT molecular complexity index is 488. The van der Waals surface area contributed by atoms with Gasteiger partial charge in [-0.15, -0.1) is 0 Å². The molecule has 1 aromatic carbocycles. The van der Waals surface area contributed by atoms with Gasteiger partial charge in [-0.2, -0.15) is 0 Å². The van der Waals surface area contributed by atoms with E-state index in [0.717, 1.165) is 10.5 Å². The van der Waals surface area contributed by atoms with Gasteiger partial charge in [-0.05, 0) is 18.9 Å². The number of amides is 3. The molecule has 0 aliphatic heterocycles. The Morgan fingerprint density at radius 2 is 1.86 bits per heavy atom. The molecule has 0 aromatic heterocycles. The standard InChI is InChI=1S/C14H19N3O4/c1-10(7-11-5-3-2-4-6-11)16-14(21)17(8-12(15)18)9-13(19)20/h2-6,10H,7-9H2,1H3,(H2,15,18)(H,16,21)(H,19,20). The van der Waals surface area contributed by atoms with E-state index in [1.807, 2.05) is 30.3 Å². The minimum Gasteiger partial charge on any atom is -0.480 e. The van der Waals surface area contributed by atoms with Crippen molar-refractivity contribution in [3.63, 3.8) is 0 Å². The molecule has 7 nitrogen and oxygen atoms in total. The van der Waals surface area contributed by atoms with Gasteiger partial charge in [-0.1, -0.05) is 30.3 Å². The molecule has 114 valence electrons. The van der Waals surface area contributed by atoms with Crippen molar-refractivity contribution in [1.29, 1.82) is 0 Å². The summed E-state index contributed by atoms with van der Waals surface area (Å²) >= 11 is 0. The van der Waals surface area contributed by atoms with Crippen LogP contribution in [-0.2, 0) is 16.0 Å². The van der Waals surface area contributed by atoms with E-state index in [2.05, 4.69) is 5.32 Å². The Hall–Kier alpha value is -2.57. The smallest absolute Gasteiger partial charge is 0.323 e. The summed E-state index contributed by atoms with van der Waals surface area (Å²) < 4.78 is 0. The molecule has 0 spiro atoms. The van der Waals surface area contributed by atoms with E-state index in [1.54, 1.807) is 6.92 Å². The molecule has 3 amide bonds. The summed E-state index contributed by atoms with van der Waals surface area (Å²) in [5.41, 5.74) is 6.05. The molecule has 0 fully saturated rings. The molecular formula is C14H19N3O4. The summed E-state index contributed by atoms with van der Waals surface area (Å²) in [4.78, 5) is 34.4. The van der Waals surface area contributed by atoms with Crippen molar-refractivity contribution < 1.29 is 19.5 Å². The van der Waals surface area contributed by atoms with Crippen molar-refractivity contribution in [2.24, 2.45) is 5.73 Å². The maximum atomic E-state index is 12.0. The average Bonchev–Trinajstić information content (AvgIpc) is 2.37. The second-order valence-electron chi connectivity index (χ2n) is 4.76. The molecule has 0 radical (unpaired) electrons. The number of carbonyl (C=O) groups excluding carboxylic acids is 2. The van der Waals surface area contributed by atoms with Gasteiger partial charge in [0.1, 0.15) is 13.1 Å². The Morgan fingerprint density at radius 1 is 1.24 bits per heavy atom. The van der Waals surface area contributed by atoms with Gasteiger partial charge in [0.25, 0.3) is 0 Å². The third-order valence-corrected chi connectivity index (χ3v) is 2.71. The van der Waals surface area contributed by atoms with Crippen LogP contribution in [0.5, 0.6) is 0 Å². The Labute approximate surface area is 122 Å². The lowest BCUT2D eigenvalue weighted by molar-refractivity contribution is -0.137. The van der Waals surface area contributed by atoms with Gasteiger partial charge in [-0.25, -0.2) is 4.79 Å². The summed E-state index contributed by atoms with van der Waals surface area (Å²) in [5, 5.41) is 11.4. The van der Waals surface area contributed by atoms with E-state index in [1.165, 1.54) is 0 Å². The Kier molecular flexibility index (Phi) is 6.19. The fraction of sp³-hybridized carbons (Fsp3) is 0.357. The summed E-state index contributed by atoms with van der Waals surface area (Å²) in [5.74, 6) is -1.97. The van der Waals surface area contributed by atoms with Crippen molar-refractivity contribution in [2.45, 2.75) is 19.4 Å². The number of urea groups is 1. The predicted octanol–water partition coefficient (Wildman–Crippen LogP) is 0.199. The van der Waals surface area contributed by atoms with Crippen LogP contribution in [0.1, 0.15) is 12.5 Å². The minimum atomic E-state index is -1.21. The van der Waals surface area contributed by atoms with Gasteiger partial charge in [0.2, 0.25) is 5.91 Å². The summed E-state index contributed by atoms with van der Waals surface area (Å²) in [6.07, 6.45) is 0.601. The molecule has 0 saturated carbocycles. The first kappa shape index (κ1) is 16.5. The number of benzene rings is 1. The molecule has 1 unspecified atom stereocenters. The first-order valence-electron chi connectivity index (χ1n) is 6.48. The maximum Gasteiger partial charge on any atom is 0.323 e. The van der Waals surface area contributed by atoms with Gasteiger partial charge < -0.3 is 21.1 Å². The highest BCUT2D eigenvalue weighted by atomic mass is 16.4. The number of hydrogen-bond acceptors (Lipinski definition) is 3. The first-order valence-corrected chi connectivity index (χ1v) is 6.48. The molecule has 0 saturated heterocycles. The second-order valence-corrected chi connectivity index (χ2v) is 4.76. The van der Waals surface area contributed by atoms with E-state index < -0.39 is 31.0 Å². The Balaban J connectivity index is 2.58. The molecule has 1 aromatic rings. The van der Waals surface area contributed by atoms with E-state index in [-0.39, 0.29) is 6.04 Å². The van der Waals surface area contributed by atoms with E-state index >= 15 is 0 Å². The van der Waals surface area contributed by atoms with Crippen LogP contribution in [0.3, 0.4) is 0 Å². The van der Waals surface area contributed by atoms with Crippen LogP contribution in [-0.4, -0.2) is 47.0 Å². The monoisotopic (exact) mass is 293 g/mol. The van der Waals surface area contributed by atoms with Crippen LogP contribution >= 0.6 is 0 Å². The summed E-state index contributed by atoms with van der Waals surface area (Å²) in [7, 11) is 0. The predicted molar refractivity (Wildman–Crippen MR) is 76.5 cm³/mol. The molecule has 4 N–H and O–H groups in total. The summed E-state index contributed by atoms with van der Waals surface area (Å²) in [6, 6.07) is 8.72. The third kappa shape index (κ3) is 6.42. The molecule has 0 aliphatic carbocycles. The number of hydrogen-bond donors (Lipinski definition) is 3. The van der Waals surface area contributed by atoms with Crippen LogP contribution in [0.4, 0.5) is 4.79 Å². The quantitative estimate of drug-likeness (QED) is 0.666. The SMILES string of the molecule is CC(Cc1ccccc1)NC(=O)N(CC(N)=O)CC(=O)O. The van der Waals surface area contributed by atoms with Crippen LogP contribution in [0.15, 0.2) is 30.3 Å². The van der Waals surface area contributed by atoms with Gasteiger partial charge in [0.05, 0.1) is 0 Å². The maximum absolute atomic E-state index is 12.0. The number of nitrogens with zero attached hydrogens (tertiary/aromatic N) is 1. The number of nitrogens with two attached hydrogens (primary N) is 1. The zero-order valence-corrected chi connectivity index (χ0v) is 11.8. The zero-order valence-electron chi connectivity index (χ0n) is 11.8. The first-order chi connectivity index (χ1) is 9.88. The molecule has 7 heteroatoms. The number of primary amides is 1. The number of carboxylic acid groups (broad SMARTS) is 1. The number of carboxylic acids is 1. The van der Waals surface area contributed by atoms with Gasteiger partial charge >= 0.3 is 12.0 Å². The van der Waals surface area contributed by atoms with Gasteiger partial charge in [0, 0.05) is 6.04 Å². The fourth-order valence-electron chi connectivity index (χ4n) is 1.87. The fourth-order valence-corrected chi connectivity index (χ4v) is 1.87. The normalized spacial score (nSPS) is 11.5. The topological polar surface area (TPSA) is 113 Å². The van der Waals surface area contributed by atoms with Gasteiger partial charge in [0.15, 0.2) is 0 Å². The third-order valence-electron chi connectivity index (χ3n) is 2.71. The zero-order chi connectivity index (χ0) is 15.8.